The van der Waals surface area contributed by atoms with Crippen LogP contribution in [0.25, 0.3) is 0 Å². The molecule has 0 spiro atoms. The molecule has 0 saturated heterocycles. The summed E-state index contributed by atoms with van der Waals surface area (Å²) in [4.78, 5) is 24.0. The predicted molar refractivity (Wildman–Crippen MR) is 61.9 cm³/mol. The second-order valence-corrected chi connectivity index (χ2v) is 4.39. The van der Waals surface area contributed by atoms with E-state index < -0.39 is 29.0 Å². The van der Waals surface area contributed by atoms with Crippen molar-refractivity contribution in [3.8, 4) is 5.75 Å². The number of hydrogen-bond acceptors (Lipinski definition) is 3. The Kier molecular flexibility index (Phi) is 3.59. The lowest BCUT2D eigenvalue weighted by Crippen LogP contribution is -2.50. The molecule has 0 aromatic heterocycles. The molecule has 0 aliphatic rings. The summed E-state index contributed by atoms with van der Waals surface area (Å²) >= 11 is 0. The standard InChI is InChI=1S/C12H14FNO4/c1-12(2,11(17)18)14(3)10(16)8-6-7(13)4-5-9(8)15/h4-6,15H,1-3H3,(H,17,18). The molecule has 0 saturated carbocycles. The molecule has 0 aliphatic carbocycles. The van der Waals surface area contributed by atoms with E-state index >= 15 is 0 Å². The molecule has 5 nitrogen and oxygen atoms in total. The third-order valence-electron chi connectivity index (χ3n) is 2.86. The number of carboxylic acid groups (broad SMARTS) is 1. The number of carbonyl (C=O) groups is 2. The van der Waals surface area contributed by atoms with E-state index in [1.165, 1.54) is 20.9 Å². The van der Waals surface area contributed by atoms with Gasteiger partial charge in [-0.25, -0.2) is 9.18 Å². The maximum absolute atomic E-state index is 13.0. The Bertz CT molecular complexity index is 499. The van der Waals surface area contributed by atoms with Gasteiger partial charge in [-0.3, -0.25) is 4.79 Å². The fourth-order valence-electron chi connectivity index (χ4n) is 1.26. The summed E-state index contributed by atoms with van der Waals surface area (Å²) in [6.07, 6.45) is 0. The van der Waals surface area contributed by atoms with Crippen LogP contribution in [0.4, 0.5) is 4.39 Å². The minimum absolute atomic E-state index is 0.271. The van der Waals surface area contributed by atoms with Gasteiger partial charge in [0, 0.05) is 7.05 Å². The van der Waals surface area contributed by atoms with Crippen LogP contribution in [-0.2, 0) is 4.79 Å². The third kappa shape index (κ3) is 2.42. The van der Waals surface area contributed by atoms with E-state index in [4.69, 9.17) is 5.11 Å². The molecule has 1 rings (SSSR count). The number of halogens is 1. The molecule has 6 heteroatoms. The lowest BCUT2D eigenvalue weighted by atomic mass is 10.0. The second-order valence-electron chi connectivity index (χ2n) is 4.39. The van der Waals surface area contributed by atoms with Gasteiger partial charge in [-0.1, -0.05) is 0 Å². The van der Waals surface area contributed by atoms with Crippen molar-refractivity contribution in [2.75, 3.05) is 7.05 Å². The van der Waals surface area contributed by atoms with E-state index in [0.29, 0.717) is 0 Å². The zero-order chi connectivity index (χ0) is 14.1. The first-order valence-electron chi connectivity index (χ1n) is 5.18. The highest BCUT2D eigenvalue weighted by molar-refractivity contribution is 5.99. The van der Waals surface area contributed by atoms with Gasteiger partial charge in [0.1, 0.15) is 17.1 Å². The number of rotatable bonds is 3. The van der Waals surface area contributed by atoms with E-state index in [1.807, 2.05) is 0 Å². The van der Waals surface area contributed by atoms with Crippen molar-refractivity contribution in [2.45, 2.75) is 19.4 Å². The third-order valence-corrected chi connectivity index (χ3v) is 2.86. The number of hydrogen-bond donors (Lipinski definition) is 2. The number of aliphatic carboxylic acids is 1. The monoisotopic (exact) mass is 255 g/mol. The van der Waals surface area contributed by atoms with Crippen molar-refractivity contribution in [1.29, 1.82) is 0 Å². The largest absolute Gasteiger partial charge is 0.507 e. The number of carbonyl (C=O) groups excluding carboxylic acids is 1. The first-order chi connectivity index (χ1) is 8.17. The molecule has 98 valence electrons. The SMILES string of the molecule is CN(C(=O)c1cc(F)ccc1O)C(C)(C)C(=O)O. The average Bonchev–Trinajstić information content (AvgIpc) is 2.30. The number of nitrogens with zero attached hydrogens (tertiary/aromatic N) is 1. The van der Waals surface area contributed by atoms with Gasteiger partial charge in [-0.2, -0.15) is 0 Å². The number of phenols is 1. The fraction of sp³-hybridized carbons (Fsp3) is 0.333. The molecule has 2 N–H and O–H groups in total. The van der Waals surface area contributed by atoms with Crippen molar-refractivity contribution < 1.29 is 24.2 Å². The molecule has 18 heavy (non-hydrogen) atoms. The Hall–Kier alpha value is -2.11. The van der Waals surface area contributed by atoms with Gasteiger partial charge in [0.05, 0.1) is 5.56 Å². The summed E-state index contributed by atoms with van der Waals surface area (Å²) in [7, 11) is 1.28. The van der Waals surface area contributed by atoms with Gasteiger partial charge in [-0.15, -0.1) is 0 Å². The number of benzene rings is 1. The molecule has 1 aromatic rings. The molecular formula is C12H14FNO4. The van der Waals surface area contributed by atoms with Gasteiger partial charge in [-0.05, 0) is 32.0 Å². The van der Waals surface area contributed by atoms with E-state index in [1.54, 1.807) is 0 Å². The normalized spacial score (nSPS) is 11.1. The van der Waals surface area contributed by atoms with Crippen molar-refractivity contribution in [3.05, 3.63) is 29.6 Å². The topological polar surface area (TPSA) is 77.8 Å². The maximum Gasteiger partial charge on any atom is 0.329 e. The number of phenolic OH excluding ortho intramolecular Hbond substituents is 1. The molecular weight excluding hydrogens is 241 g/mol. The van der Waals surface area contributed by atoms with Crippen molar-refractivity contribution >= 4 is 11.9 Å². The van der Waals surface area contributed by atoms with Gasteiger partial charge in [0.2, 0.25) is 0 Å². The van der Waals surface area contributed by atoms with Gasteiger partial charge < -0.3 is 15.1 Å². The maximum atomic E-state index is 13.0. The fourth-order valence-corrected chi connectivity index (χ4v) is 1.26. The minimum atomic E-state index is -1.46. The van der Waals surface area contributed by atoms with E-state index in [0.717, 1.165) is 23.1 Å². The number of aromatic hydroxyl groups is 1. The summed E-state index contributed by atoms with van der Waals surface area (Å²) in [6.45, 7) is 2.67. The van der Waals surface area contributed by atoms with Crippen LogP contribution in [-0.4, -0.2) is 39.6 Å². The van der Waals surface area contributed by atoms with Gasteiger partial charge in [0.25, 0.3) is 5.91 Å². The van der Waals surface area contributed by atoms with Crippen LogP contribution in [0.15, 0.2) is 18.2 Å². The quantitative estimate of drug-likeness (QED) is 0.857. The zero-order valence-corrected chi connectivity index (χ0v) is 10.3. The molecule has 0 radical (unpaired) electrons. The predicted octanol–water partition coefficient (Wildman–Crippen LogP) is 1.47. The van der Waals surface area contributed by atoms with Crippen LogP contribution in [0.2, 0.25) is 0 Å². The lowest BCUT2D eigenvalue weighted by Gasteiger charge is -2.31. The number of carboxylic acids is 1. The summed E-state index contributed by atoms with van der Waals surface area (Å²) < 4.78 is 13.0. The first-order valence-corrected chi connectivity index (χ1v) is 5.18. The Balaban J connectivity index is 3.15. The Morgan fingerprint density at radius 2 is 1.89 bits per heavy atom. The van der Waals surface area contributed by atoms with Crippen LogP contribution in [0.1, 0.15) is 24.2 Å². The minimum Gasteiger partial charge on any atom is -0.507 e. The average molecular weight is 255 g/mol. The van der Waals surface area contributed by atoms with E-state index in [-0.39, 0.29) is 5.56 Å². The van der Waals surface area contributed by atoms with Crippen molar-refractivity contribution in [1.82, 2.24) is 4.90 Å². The highest BCUT2D eigenvalue weighted by Crippen LogP contribution is 2.23. The smallest absolute Gasteiger partial charge is 0.329 e. The lowest BCUT2D eigenvalue weighted by molar-refractivity contribution is -0.147. The highest BCUT2D eigenvalue weighted by atomic mass is 19.1. The summed E-state index contributed by atoms with van der Waals surface area (Å²) in [6, 6.07) is 2.92. The molecule has 0 aliphatic heterocycles. The van der Waals surface area contributed by atoms with Crippen LogP contribution >= 0.6 is 0 Å². The Labute approximate surface area is 103 Å². The van der Waals surface area contributed by atoms with Crippen LogP contribution < -0.4 is 0 Å². The highest BCUT2D eigenvalue weighted by Gasteiger charge is 2.36. The number of amides is 1. The van der Waals surface area contributed by atoms with Crippen LogP contribution in [0.3, 0.4) is 0 Å². The molecule has 1 amide bonds. The molecule has 0 bridgehead atoms. The van der Waals surface area contributed by atoms with Gasteiger partial charge in [0.15, 0.2) is 0 Å². The van der Waals surface area contributed by atoms with Gasteiger partial charge >= 0.3 is 5.97 Å². The summed E-state index contributed by atoms with van der Waals surface area (Å²) in [5, 5.41) is 18.5. The molecule has 0 atom stereocenters. The van der Waals surface area contributed by atoms with Crippen LogP contribution in [0, 0.1) is 5.82 Å². The molecule has 0 heterocycles. The van der Waals surface area contributed by atoms with Crippen molar-refractivity contribution in [3.63, 3.8) is 0 Å². The summed E-state index contributed by atoms with van der Waals surface area (Å²) in [5.41, 5.74) is -1.73. The molecule has 0 fully saturated rings. The van der Waals surface area contributed by atoms with Crippen LogP contribution in [0.5, 0.6) is 5.75 Å². The van der Waals surface area contributed by atoms with E-state index in [2.05, 4.69) is 0 Å². The Morgan fingerprint density at radius 3 is 2.39 bits per heavy atom. The Morgan fingerprint density at radius 1 is 1.33 bits per heavy atom. The van der Waals surface area contributed by atoms with Crippen molar-refractivity contribution in [2.24, 2.45) is 0 Å². The second kappa shape index (κ2) is 4.64. The molecule has 0 unspecified atom stereocenters. The summed E-state index contributed by atoms with van der Waals surface area (Å²) in [5.74, 6) is -3.04. The number of likely N-dealkylation sites (N-methyl/N-ethyl adjacent to an activating group) is 1. The molecule has 1 aromatic carbocycles. The van der Waals surface area contributed by atoms with E-state index in [9.17, 15) is 19.1 Å². The zero-order valence-electron chi connectivity index (χ0n) is 10.3. The first kappa shape index (κ1) is 14.0.